The number of nitro benzene ring substituents is 1. The van der Waals surface area contributed by atoms with Gasteiger partial charge in [-0.05, 0) is 24.3 Å². The Morgan fingerprint density at radius 1 is 0.787 bits per heavy atom. The van der Waals surface area contributed by atoms with Crippen molar-refractivity contribution in [1.29, 1.82) is 0 Å². The number of rotatable bonds is 11. The Hall–Kier alpha value is -5.78. The van der Waals surface area contributed by atoms with E-state index in [0.29, 0.717) is 4.90 Å². The van der Waals surface area contributed by atoms with Crippen molar-refractivity contribution in [3.05, 3.63) is 64.7 Å². The molecule has 0 radical (unpaired) electrons. The van der Waals surface area contributed by atoms with Gasteiger partial charge in [-0.15, -0.1) is 0 Å². The maximum atomic E-state index is 13.7. The monoisotopic (exact) mass is 666 g/mol. The molecule has 1 aliphatic heterocycles. The van der Waals surface area contributed by atoms with Gasteiger partial charge in [-0.2, -0.15) is 0 Å². The van der Waals surface area contributed by atoms with E-state index in [-0.39, 0.29) is 17.1 Å². The van der Waals surface area contributed by atoms with Crippen LogP contribution in [0.4, 0.5) is 21.0 Å². The van der Waals surface area contributed by atoms with Gasteiger partial charge in [0.15, 0.2) is 18.9 Å². The Bertz CT molecular complexity index is 1550. The molecule has 0 aliphatic carbocycles. The molecule has 1 unspecified atom stereocenters. The normalized spacial score (nSPS) is 21.1. The second kappa shape index (κ2) is 16.5. The molecule has 252 valence electrons. The number of hydrogen-bond acceptors (Lipinski definition) is 16. The standard InChI is InChI=1S/C29H30N2O16/c1-16(32)40-14-23-24(42-17(2)33)25(43-18(3)34)26(44-19(4)35)27(46-23)47-28(36)30(20-10-12-21(13-11-20)31(38)39)15-41-29(37)45-22-8-6-5-7-9-22/h5-13,23-27H,14-15H2,1-4H3/t23-,24+,25+,26-,27?/m1/s1/i1D,2D,3D,4D. The summed E-state index contributed by atoms with van der Waals surface area (Å²) in [5.41, 5.74) is -0.541. The molecular weight excluding hydrogens is 632 g/mol. The lowest BCUT2D eigenvalue weighted by Crippen LogP contribution is -2.63. The van der Waals surface area contributed by atoms with Crippen molar-refractivity contribution in [3.8, 4) is 5.75 Å². The molecule has 0 saturated carbocycles. The van der Waals surface area contributed by atoms with E-state index in [1.54, 1.807) is 18.2 Å². The summed E-state index contributed by atoms with van der Waals surface area (Å²) in [5.74, 6) is -4.81. The largest absolute Gasteiger partial charge is 0.515 e. The Labute approximate surface area is 272 Å². The lowest BCUT2D eigenvalue weighted by molar-refractivity contribution is -0.384. The fraction of sp³-hybridized carbons (Fsp3) is 0.379. The van der Waals surface area contributed by atoms with Gasteiger partial charge in [0.2, 0.25) is 12.4 Å². The highest BCUT2D eigenvalue weighted by Crippen LogP contribution is 2.31. The van der Waals surface area contributed by atoms with Gasteiger partial charge in [0.25, 0.3) is 5.69 Å². The molecule has 0 bridgehead atoms. The summed E-state index contributed by atoms with van der Waals surface area (Å²) in [7, 11) is 0. The smallest absolute Gasteiger partial charge is 0.463 e. The predicted molar refractivity (Wildman–Crippen MR) is 152 cm³/mol. The number of amides is 1. The fourth-order valence-corrected chi connectivity index (χ4v) is 4.02. The van der Waals surface area contributed by atoms with E-state index in [1.807, 2.05) is 0 Å². The maximum absolute atomic E-state index is 13.7. The van der Waals surface area contributed by atoms with Crippen LogP contribution in [0.25, 0.3) is 0 Å². The number of carbonyl (C=O) groups excluding carboxylic acids is 6. The SMILES string of the molecule is [2H]CC(=O)OC[C@H]1OC(OC(=O)N(COC(=O)Oc2ccccc2)c2ccc([N+](=O)[O-])cc2)[C@H](OC(=O)C[2H])[C@@H](OC(=O)C[2H])[C@H]1OC(=O)C[2H]. The zero-order chi connectivity index (χ0) is 37.5. The Morgan fingerprint density at radius 2 is 1.38 bits per heavy atom. The van der Waals surface area contributed by atoms with Crippen LogP contribution in [0.3, 0.4) is 0 Å². The van der Waals surface area contributed by atoms with Crippen LogP contribution in [0.2, 0.25) is 0 Å². The molecule has 1 amide bonds. The van der Waals surface area contributed by atoms with Crippen molar-refractivity contribution in [3.63, 3.8) is 0 Å². The van der Waals surface area contributed by atoms with Crippen molar-refractivity contribution in [1.82, 2.24) is 0 Å². The number of anilines is 1. The van der Waals surface area contributed by atoms with E-state index in [0.717, 1.165) is 24.3 Å². The number of esters is 4. The highest BCUT2D eigenvalue weighted by Gasteiger charge is 2.54. The summed E-state index contributed by atoms with van der Waals surface area (Å²) < 4.78 is 71.1. The topological polar surface area (TPSA) is 223 Å². The summed E-state index contributed by atoms with van der Waals surface area (Å²) >= 11 is 0. The number of ether oxygens (including phenoxy) is 8. The first-order valence-corrected chi connectivity index (χ1v) is 13.1. The Morgan fingerprint density at radius 3 is 1.98 bits per heavy atom. The number of non-ortho nitro benzene ring substituents is 1. The van der Waals surface area contributed by atoms with Crippen molar-refractivity contribution in [2.24, 2.45) is 0 Å². The van der Waals surface area contributed by atoms with Crippen molar-refractivity contribution < 1.29 is 77.1 Å². The molecule has 47 heavy (non-hydrogen) atoms. The molecule has 2 aromatic carbocycles. The molecule has 0 aromatic heterocycles. The number of hydrogen-bond donors (Lipinski definition) is 0. The lowest BCUT2D eigenvalue weighted by Gasteiger charge is -2.43. The number of nitrogens with zero attached hydrogens (tertiary/aromatic N) is 2. The molecule has 2 aromatic rings. The van der Waals surface area contributed by atoms with Crippen LogP contribution in [0.15, 0.2) is 54.6 Å². The molecule has 1 aliphatic rings. The van der Waals surface area contributed by atoms with Crippen LogP contribution in [-0.2, 0) is 52.3 Å². The third-order valence-corrected chi connectivity index (χ3v) is 5.87. The van der Waals surface area contributed by atoms with Crippen LogP contribution in [0.5, 0.6) is 5.75 Å². The number of benzene rings is 2. The van der Waals surface area contributed by atoms with E-state index in [9.17, 15) is 38.9 Å². The van der Waals surface area contributed by atoms with Gasteiger partial charge in [0.05, 0.1) is 10.6 Å². The molecule has 3 rings (SSSR count). The quantitative estimate of drug-likeness (QED) is 0.0839. The lowest BCUT2D eigenvalue weighted by atomic mass is 9.98. The minimum atomic E-state index is -2.15. The Balaban J connectivity index is 2.02. The second-order valence-electron chi connectivity index (χ2n) is 9.11. The summed E-state index contributed by atoms with van der Waals surface area (Å²) in [6.45, 7) is -5.66. The zero-order valence-corrected chi connectivity index (χ0v) is 24.3. The number of carbonyl (C=O) groups is 6. The maximum Gasteiger partial charge on any atom is 0.515 e. The molecule has 5 atom stereocenters. The molecule has 18 nitrogen and oxygen atoms in total. The fourth-order valence-electron chi connectivity index (χ4n) is 4.02. The second-order valence-corrected chi connectivity index (χ2v) is 9.11. The average Bonchev–Trinajstić information content (AvgIpc) is 3.13. The summed E-state index contributed by atoms with van der Waals surface area (Å²) in [6.07, 6.45) is -12.5. The van der Waals surface area contributed by atoms with Crippen LogP contribution < -0.4 is 9.64 Å². The minimum Gasteiger partial charge on any atom is -0.463 e. The summed E-state index contributed by atoms with van der Waals surface area (Å²) in [4.78, 5) is 86.0. The molecule has 1 heterocycles. The third kappa shape index (κ3) is 10.7. The van der Waals surface area contributed by atoms with Gasteiger partial charge in [-0.1, -0.05) is 18.2 Å². The molecule has 1 saturated heterocycles. The van der Waals surface area contributed by atoms with E-state index in [2.05, 4.69) is 0 Å². The summed E-state index contributed by atoms with van der Waals surface area (Å²) in [6, 6.07) is 11.8. The van der Waals surface area contributed by atoms with Crippen molar-refractivity contribution >= 4 is 47.5 Å². The van der Waals surface area contributed by atoms with Crippen LogP contribution in [0.1, 0.15) is 33.1 Å². The van der Waals surface area contributed by atoms with E-state index >= 15 is 0 Å². The van der Waals surface area contributed by atoms with Gasteiger partial charge < -0.3 is 37.9 Å². The molecule has 0 spiro atoms. The number of nitro groups is 1. The third-order valence-electron chi connectivity index (χ3n) is 5.87. The van der Waals surface area contributed by atoms with Gasteiger partial charge in [-0.25, -0.2) is 14.5 Å². The first kappa shape index (κ1) is 29.9. The van der Waals surface area contributed by atoms with Gasteiger partial charge in [0, 0.05) is 45.2 Å². The van der Waals surface area contributed by atoms with E-state index in [4.69, 9.17) is 43.4 Å². The molecule has 1 fully saturated rings. The van der Waals surface area contributed by atoms with E-state index < -0.39 is 113 Å². The van der Waals surface area contributed by atoms with Crippen LogP contribution >= 0.6 is 0 Å². The zero-order valence-electron chi connectivity index (χ0n) is 28.3. The highest BCUT2D eigenvalue weighted by molar-refractivity contribution is 5.88. The first-order chi connectivity index (χ1) is 24.4. The van der Waals surface area contributed by atoms with Crippen LogP contribution in [0, 0.1) is 10.1 Å². The first-order valence-electron chi connectivity index (χ1n) is 15.9. The van der Waals surface area contributed by atoms with Gasteiger partial charge >= 0.3 is 36.1 Å². The van der Waals surface area contributed by atoms with Crippen molar-refractivity contribution in [2.45, 2.75) is 58.3 Å². The summed E-state index contributed by atoms with van der Waals surface area (Å²) in [5, 5.41) is 11.2. The van der Waals surface area contributed by atoms with Gasteiger partial charge in [-0.3, -0.25) is 29.3 Å². The van der Waals surface area contributed by atoms with E-state index in [1.165, 1.54) is 12.1 Å². The minimum absolute atomic E-state index is 0.0766. The van der Waals surface area contributed by atoms with Crippen molar-refractivity contribution in [2.75, 3.05) is 18.2 Å². The molecule has 0 N–H and O–H groups in total. The Kier molecular flexibility index (Phi) is 10.5. The average molecular weight is 667 g/mol. The van der Waals surface area contributed by atoms with Gasteiger partial charge in [0.1, 0.15) is 18.5 Å². The molecule has 18 heteroatoms. The molecular formula is C29H30N2O16. The number of para-hydroxylation sites is 1. The predicted octanol–water partition coefficient (Wildman–Crippen LogP) is 2.79. The highest BCUT2D eigenvalue weighted by atomic mass is 16.8. The van der Waals surface area contributed by atoms with Crippen LogP contribution in [-0.4, -0.2) is 85.1 Å².